The van der Waals surface area contributed by atoms with Crippen LogP contribution in [0.1, 0.15) is 30.2 Å². The molecule has 1 heterocycles. The molecule has 13 nitrogen and oxygen atoms in total. The minimum atomic E-state index is -1.27. The van der Waals surface area contributed by atoms with Gasteiger partial charge in [0, 0.05) is 16.5 Å². The number of carbonyl (C=O) groups is 5. The summed E-state index contributed by atoms with van der Waals surface area (Å²) in [5.74, 6) is -2.73. The summed E-state index contributed by atoms with van der Waals surface area (Å²) in [5, 5.41) is 23.7. The Hall–Kier alpha value is -5.24. The maximum absolute atomic E-state index is 12.7. The number of carbonyl (C=O) groups excluding carboxylic acids is 4. The lowest BCUT2D eigenvalue weighted by Gasteiger charge is -2.23. The van der Waals surface area contributed by atoms with Gasteiger partial charge < -0.3 is 31.2 Å². The summed E-state index contributed by atoms with van der Waals surface area (Å²) < 4.78 is 0. The van der Waals surface area contributed by atoms with Crippen LogP contribution in [-0.4, -0.2) is 70.7 Å². The van der Waals surface area contributed by atoms with Gasteiger partial charge in [-0.25, -0.2) is 4.98 Å². The highest BCUT2D eigenvalue weighted by Gasteiger charge is 2.22. The first-order valence-electron chi connectivity index (χ1n) is 12.1. The molecule has 0 aliphatic heterocycles. The van der Waals surface area contributed by atoms with Crippen LogP contribution in [0, 0.1) is 5.41 Å². The Labute approximate surface area is 238 Å². The van der Waals surface area contributed by atoms with E-state index in [1.165, 1.54) is 5.38 Å². The van der Waals surface area contributed by atoms with Gasteiger partial charge in [0.1, 0.15) is 30.4 Å². The number of amides is 3. The zero-order valence-electron chi connectivity index (χ0n) is 21.8. The SMILES string of the molecule is CC(/N=C(/c1ccccc1)c1ccccc1N(C=O)CC(=O)NC(C=O)CC(=O)O)NC(=O)C(=N)c1csc(N)n1. The molecule has 1 aromatic heterocycles. The van der Waals surface area contributed by atoms with E-state index in [1.54, 1.807) is 55.5 Å². The van der Waals surface area contributed by atoms with Crippen LogP contribution in [0.25, 0.3) is 0 Å². The third-order valence-electron chi connectivity index (χ3n) is 5.53. The van der Waals surface area contributed by atoms with Crippen LogP contribution in [0.2, 0.25) is 0 Å². The molecule has 6 N–H and O–H groups in total. The van der Waals surface area contributed by atoms with Crippen LogP contribution in [0.5, 0.6) is 0 Å². The first-order valence-corrected chi connectivity index (χ1v) is 13.0. The molecule has 3 rings (SSSR count). The van der Waals surface area contributed by atoms with Crippen molar-refractivity contribution < 1.29 is 29.1 Å². The lowest BCUT2D eigenvalue weighted by atomic mass is 9.99. The summed E-state index contributed by atoms with van der Waals surface area (Å²) in [5.41, 5.74) is 7.12. The summed E-state index contributed by atoms with van der Waals surface area (Å²) >= 11 is 1.10. The first kappa shape index (κ1) is 30.3. The van der Waals surface area contributed by atoms with Gasteiger partial charge in [0.25, 0.3) is 5.91 Å². The average Bonchev–Trinajstić information content (AvgIpc) is 3.40. The van der Waals surface area contributed by atoms with Gasteiger partial charge in [-0.1, -0.05) is 48.5 Å². The summed E-state index contributed by atoms with van der Waals surface area (Å²) in [4.78, 5) is 69.2. The molecule has 2 unspecified atom stereocenters. The minimum Gasteiger partial charge on any atom is -0.481 e. The minimum absolute atomic E-state index is 0.134. The number of aromatic nitrogens is 1. The Kier molecular flexibility index (Phi) is 10.5. The van der Waals surface area contributed by atoms with Crippen LogP contribution in [0.15, 0.2) is 65.0 Å². The van der Waals surface area contributed by atoms with Crippen LogP contribution in [0.3, 0.4) is 0 Å². The Morgan fingerprint density at radius 1 is 1.12 bits per heavy atom. The summed E-state index contributed by atoms with van der Waals surface area (Å²) in [6.07, 6.45) is -0.696. The van der Waals surface area contributed by atoms with E-state index < -0.39 is 43.0 Å². The van der Waals surface area contributed by atoms with Gasteiger partial charge in [0.05, 0.1) is 23.9 Å². The molecule has 41 heavy (non-hydrogen) atoms. The number of hydrogen-bond donors (Lipinski definition) is 5. The standard InChI is InChI=1S/C27H27N7O6S/c1-16(31-26(40)24(28)20-14-41-27(29)33-20)30-25(17-7-3-2-4-8-17)19-9-5-6-10-21(19)34(15-36)12-22(37)32-18(13-35)11-23(38)39/h2-10,13-16,18,28H,11-12H2,1H3,(H2,29,33)(H,31,40)(H,32,37)(H,38,39)/b28-24?,30-25-. The van der Waals surface area contributed by atoms with Crippen molar-refractivity contribution in [1.82, 2.24) is 15.6 Å². The van der Waals surface area contributed by atoms with Crippen molar-refractivity contribution in [1.29, 1.82) is 5.41 Å². The van der Waals surface area contributed by atoms with Crippen molar-refractivity contribution in [3.63, 3.8) is 0 Å². The molecule has 0 saturated heterocycles. The quantitative estimate of drug-likeness (QED) is 0.139. The number of rotatable bonds is 14. The van der Waals surface area contributed by atoms with Crippen molar-refractivity contribution in [3.05, 3.63) is 76.8 Å². The third kappa shape index (κ3) is 8.37. The first-order chi connectivity index (χ1) is 19.6. The van der Waals surface area contributed by atoms with E-state index in [-0.39, 0.29) is 16.5 Å². The molecule has 3 aromatic rings. The molecular weight excluding hydrogens is 550 g/mol. The Bertz CT molecular complexity index is 1470. The van der Waals surface area contributed by atoms with Crippen LogP contribution in [-0.2, 0) is 24.0 Å². The average molecular weight is 578 g/mol. The highest BCUT2D eigenvalue weighted by Crippen LogP contribution is 2.24. The number of nitrogen functional groups attached to an aromatic ring is 1. The second-order valence-corrected chi connectivity index (χ2v) is 9.49. The summed E-state index contributed by atoms with van der Waals surface area (Å²) in [7, 11) is 0. The largest absolute Gasteiger partial charge is 0.481 e. The number of aliphatic imine (C=N–C) groups is 1. The van der Waals surface area contributed by atoms with E-state index in [9.17, 15) is 24.0 Å². The topological polar surface area (TPSA) is 208 Å². The van der Waals surface area contributed by atoms with Crippen molar-refractivity contribution in [2.45, 2.75) is 25.6 Å². The van der Waals surface area contributed by atoms with Gasteiger partial charge in [0.2, 0.25) is 12.3 Å². The number of para-hydroxylation sites is 1. The van der Waals surface area contributed by atoms with Gasteiger partial charge in [-0.3, -0.25) is 29.6 Å². The number of anilines is 2. The van der Waals surface area contributed by atoms with Crippen molar-refractivity contribution >= 4 is 64.1 Å². The number of benzene rings is 2. The molecule has 0 bridgehead atoms. The Balaban J connectivity index is 1.92. The number of aldehydes is 1. The van der Waals surface area contributed by atoms with E-state index in [4.69, 9.17) is 16.2 Å². The zero-order valence-corrected chi connectivity index (χ0v) is 22.6. The molecule has 0 aliphatic rings. The molecule has 0 saturated carbocycles. The van der Waals surface area contributed by atoms with Crippen LogP contribution in [0.4, 0.5) is 10.8 Å². The monoisotopic (exact) mass is 577 g/mol. The number of hydrogen-bond acceptors (Lipinski definition) is 10. The van der Waals surface area contributed by atoms with Gasteiger partial charge >= 0.3 is 5.97 Å². The van der Waals surface area contributed by atoms with Gasteiger partial charge in [-0.05, 0) is 13.0 Å². The normalized spacial score (nSPS) is 12.5. The van der Waals surface area contributed by atoms with E-state index in [2.05, 4.69) is 20.6 Å². The second kappa shape index (κ2) is 14.2. The maximum Gasteiger partial charge on any atom is 0.305 e. The lowest BCUT2D eigenvalue weighted by Crippen LogP contribution is -2.43. The number of thiazole rings is 1. The highest BCUT2D eigenvalue weighted by atomic mass is 32.1. The molecule has 212 valence electrons. The number of carboxylic acid groups (broad SMARTS) is 1. The summed E-state index contributed by atoms with van der Waals surface area (Å²) in [6, 6.07) is 14.3. The maximum atomic E-state index is 12.7. The number of nitrogens with zero attached hydrogens (tertiary/aromatic N) is 3. The zero-order chi connectivity index (χ0) is 29.9. The highest BCUT2D eigenvalue weighted by molar-refractivity contribution is 7.13. The smallest absolute Gasteiger partial charge is 0.305 e. The molecule has 14 heteroatoms. The fourth-order valence-electron chi connectivity index (χ4n) is 3.73. The molecule has 2 aromatic carbocycles. The van der Waals surface area contributed by atoms with E-state index in [0.717, 1.165) is 16.2 Å². The Morgan fingerprint density at radius 3 is 2.41 bits per heavy atom. The van der Waals surface area contributed by atoms with Gasteiger partial charge in [0.15, 0.2) is 5.13 Å². The molecule has 0 radical (unpaired) electrons. The molecule has 0 spiro atoms. The fourth-order valence-corrected chi connectivity index (χ4v) is 4.29. The van der Waals surface area contributed by atoms with Crippen LogP contribution < -0.4 is 21.3 Å². The van der Waals surface area contributed by atoms with Gasteiger partial charge in [-0.2, -0.15) is 0 Å². The summed E-state index contributed by atoms with van der Waals surface area (Å²) in [6.45, 7) is 1.10. The number of aliphatic carboxylic acids is 1. The van der Waals surface area contributed by atoms with Crippen molar-refractivity contribution in [3.8, 4) is 0 Å². The molecule has 0 aliphatic carbocycles. The fraction of sp³-hybridized carbons (Fsp3) is 0.185. The van der Waals surface area contributed by atoms with Gasteiger partial charge in [-0.15, -0.1) is 11.3 Å². The number of carboxylic acids is 1. The van der Waals surface area contributed by atoms with E-state index >= 15 is 0 Å². The molecule has 2 atom stereocenters. The lowest BCUT2D eigenvalue weighted by molar-refractivity contribution is -0.138. The van der Waals surface area contributed by atoms with E-state index in [1.807, 2.05) is 6.07 Å². The number of nitrogens with one attached hydrogen (secondary N) is 3. The Morgan fingerprint density at radius 2 is 1.80 bits per heavy atom. The predicted octanol–water partition coefficient (Wildman–Crippen LogP) is 1.21. The van der Waals surface area contributed by atoms with Crippen LogP contribution >= 0.6 is 11.3 Å². The molecule has 0 fully saturated rings. The van der Waals surface area contributed by atoms with Crippen molar-refractivity contribution in [2.75, 3.05) is 17.2 Å². The predicted molar refractivity (Wildman–Crippen MR) is 153 cm³/mol. The molecule has 3 amide bonds. The van der Waals surface area contributed by atoms with E-state index in [0.29, 0.717) is 35.2 Å². The second-order valence-electron chi connectivity index (χ2n) is 8.60. The molecular formula is C27H27N7O6S. The number of nitrogens with two attached hydrogens (primary N) is 1. The third-order valence-corrected chi connectivity index (χ3v) is 6.20. The van der Waals surface area contributed by atoms with Crippen molar-refractivity contribution in [2.24, 2.45) is 4.99 Å².